The molecule has 0 aliphatic carbocycles. The van der Waals surface area contributed by atoms with Gasteiger partial charge in [-0.1, -0.05) is 84.9 Å². The van der Waals surface area contributed by atoms with Gasteiger partial charge in [-0.3, -0.25) is 4.79 Å². The fraction of sp³-hybridized carbons (Fsp3) is 0.0952. The molecule has 0 saturated carbocycles. The van der Waals surface area contributed by atoms with Gasteiger partial charge in [0.1, 0.15) is 0 Å². The van der Waals surface area contributed by atoms with Gasteiger partial charge in [0.15, 0.2) is 5.78 Å². The van der Waals surface area contributed by atoms with Crippen molar-refractivity contribution >= 4 is 5.78 Å². The molecule has 0 amide bonds. The maximum Gasteiger partial charge on any atom is 0.163 e. The van der Waals surface area contributed by atoms with Crippen LogP contribution in [0.5, 0.6) is 0 Å². The number of aryl methyl sites for hydroxylation is 1. The Labute approximate surface area is 131 Å². The highest BCUT2D eigenvalue weighted by Gasteiger charge is 2.05. The third-order valence-corrected chi connectivity index (χ3v) is 3.80. The Bertz CT molecular complexity index is 728. The second kappa shape index (κ2) is 6.86. The Morgan fingerprint density at radius 2 is 1.18 bits per heavy atom. The first-order valence-corrected chi connectivity index (χ1v) is 7.55. The zero-order valence-corrected chi connectivity index (χ0v) is 12.4. The summed E-state index contributed by atoms with van der Waals surface area (Å²) >= 11 is 0. The number of hydrogen-bond donors (Lipinski definition) is 0. The lowest BCUT2D eigenvalue weighted by Crippen LogP contribution is -2.00. The topological polar surface area (TPSA) is 17.1 Å². The van der Waals surface area contributed by atoms with E-state index in [1.165, 1.54) is 16.7 Å². The Balaban J connectivity index is 1.63. The molecule has 0 bridgehead atoms. The van der Waals surface area contributed by atoms with Crippen molar-refractivity contribution in [1.29, 1.82) is 0 Å². The highest BCUT2D eigenvalue weighted by atomic mass is 16.1. The molecule has 3 rings (SSSR count). The Hall–Kier alpha value is -2.67. The first kappa shape index (κ1) is 14.3. The number of Topliss-reactive ketones (excluding diaryl/α,β-unsaturated/α-hetero) is 1. The van der Waals surface area contributed by atoms with Crippen molar-refractivity contribution in [3.8, 4) is 11.1 Å². The lowest BCUT2D eigenvalue weighted by atomic mass is 10.00. The average molecular weight is 286 g/mol. The normalized spacial score (nSPS) is 10.4. The monoisotopic (exact) mass is 286 g/mol. The van der Waals surface area contributed by atoms with E-state index in [-0.39, 0.29) is 5.78 Å². The van der Waals surface area contributed by atoms with Crippen LogP contribution in [-0.4, -0.2) is 5.78 Å². The zero-order chi connectivity index (χ0) is 15.2. The standard InChI is InChI=1S/C21H18O/c22-21(20-9-5-2-6-10-20)16-13-17-11-14-19(15-12-17)18-7-3-1-4-8-18/h1-12,14-15H,13,16H2. The van der Waals surface area contributed by atoms with Crippen LogP contribution in [0.4, 0.5) is 0 Å². The van der Waals surface area contributed by atoms with E-state index >= 15 is 0 Å². The maximum absolute atomic E-state index is 12.1. The molecule has 0 fully saturated rings. The molecular weight excluding hydrogens is 268 g/mol. The van der Waals surface area contributed by atoms with E-state index in [0.29, 0.717) is 6.42 Å². The van der Waals surface area contributed by atoms with Crippen LogP contribution in [0.1, 0.15) is 22.3 Å². The minimum Gasteiger partial charge on any atom is -0.294 e. The molecule has 0 aliphatic rings. The van der Waals surface area contributed by atoms with Crippen molar-refractivity contribution in [3.05, 3.63) is 96.1 Å². The van der Waals surface area contributed by atoms with Crippen LogP contribution in [0, 0.1) is 0 Å². The number of hydrogen-bond acceptors (Lipinski definition) is 1. The second-order valence-corrected chi connectivity index (χ2v) is 5.35. The molecule has 1 nitrogen and oxygen atoms in total. The predicted molar refractivity (Wildman–Crippen MR) is 91.0 cm³/mol. The maximum atomic E-state index is 12.1. The quantitative estimate of drug-likeness (QED) is 0.591. The van der Waals surface area contributed by atoms with E-state index in [1.807, 2.05) is 48.5 Å². The number of carbonyl (C=O) groups is 1. The minimum atomic E-state index is 0.202. The number of carbonyl (C=O) groups excluding carboxylic acids is 1. The lowest BCUT2D eigenvalue weighted by Gasteiger charge is -2.05. The smallest absolute Gasteiger partial charge is 0.163 e. The fourth-order valence-electron chi connectivity index (χ4n) is 2.52. The van der Waals surface area contributed by atoms with Crippen LogP contribution in [0.2, 0.25) is 0 Å². The summed E-state index contributed by atoms with van der Waals surface area (Å²) in [4.78, 5) is 12.1. The van der Waals surface area contributed by atoms with Gasteiger partial charge in [0.05, 0.1) is 0 Å². The van der Waals surface area contributed by atoms with Crippen LogP contribution >= 0.6 is 0 Å². The van der Waals surface area contributed by atoms with Gasteiger partial charge in [-0.05, 0) is 23.1 Å². The molecule has 0 aromatic heterocycles. The summed E-state index contributed by atoms with van der Waals surface area (Å²) in [5.74, 6) is 0.202. The second-order valence-electron chi connectivity index (χ2n) is 5.35. The third-order valence-electron chi connectivity index (χ3n) is 3.80. The summed E-state index contributed by atoms with van der Waals surface area (Å²) in [5, 5.41) is 0. The number of rotatable bonds is 5. The molecule has 0 unspecified atom stereocenters. The number of ketones is 1. The fourth-order valence-corrected chi connectivity index (χ4v) is 2.52. The molecule has 22 heavy (non-hydrogen) atoms. The highest BCUT2D eigenvalue weighted by molar-refractivity contribution is 5.96. The summed E-state index contributed by atoms with van der Waals surface area (Å²) in [6, 6.07) is 28.3. The van der Waals surface area contributed by atoms with Crippen molar-refractivity contribution in [2.75, 3.05) is 0 Å². The summed E-state index contributed by atoms with van der Waals surface area (Å²) < 4.78 is 0. The van der Waals surface area contributed by atoms with Gasteiger partial charge in [-0.15, -0.1) is 0 Å². The van der Waals surface area contributed by atoms with Crippen LogP contribution in [-0.2, 0) is 6.42 Å². The van der Waals surface area contributed by atoms with Crippen LogP contribution < -0.4 is 0 Å². The average Bonchev–Trinajstić information content (AvgIpc) is 2.61. The molecule has 0 radical (unpaired) electrons. The summed E-state index contributed by atoms with van der Waals surface area (Å²) in [7, 11) is 0. The van der Waals surface area contributed by atoms with E-state index in [4.69, 9.17) is 0 Å². The molecule has 0 aliphatic heterocycles. The molecule has 0 saturated heterocycles. The Kier molecular flexibility index (Phi) is 4.45. The summed E-state index contributed by atoms with van der Waals surface area (Å²) in [6.07, 6.45) is 1.33. The van der Waals surface area contributed by atoms with Gasteiger partial charge in [0, 0.05) is 12.0 Å². The first-order chi connectivity index (χ1) is 10.8. The molecule has 0 heterocycles. The predicted octanol–water partition coefficient (Wildman–Crippen LogP) is 5.17. The van der Waals surface area contributed by atoms with Gasteiger partial charge in [-0.2, -0.15) is 0 Å². The van der Waals surface area contributed by atoms with Crippen LogP contribution in [0.15, 0.2) is 84.9 Å². The van der Waals surface area contributed by atoms with Gasteiger partial charge in [-0.25, -0.2) is 0 Å². The largest absolute Gasteiger partial charge is 0.294 e. The van der Waals surface area contributed by atoms with E-state index in [1.54, 1.807) is 0 Å². The van der Waals surface area contributed by atoms with E-state index < -0.39 is 0 Å². The Morgan fingerprint density at radius 1 is 0.636 bits per heavy atom. The third kappa shape index (κ3) is 3.50. The Morgan fingerprint density at radius 3 is 1.82 bits per heavy atom. The van der Waals surface area contributed by atoms with E-state index in [2.05, 4.69) is 36.4 Å². The summed E-state index contributed by atoms with van der Waals surface area (Å²) in [5.41, 5.74) is 4.42. The van der Waals surface area contributed by atoms with Crippen molar-refractivity contribution < 1.29 is 4.79 Å². The SMILES string of the molecule is O=C(CCc1ccc(-c2ccccc2)cc1)c1ccccc1. The molecule has 108 valence electrons. The van der Waals surface area contributed by atoms with Crippen molar-refractivity contribution in [2.45, 2.75) is 12.8 Å². The van der Waals surface area contributed by atoms with Gasteiger partial charge >= 0.3 is 0 Å². The molecule has 0 N–H and O–H groups in total. The molecule has 0 spiro atoms. The van der Waals surface area contributed by atoms with Gasteiger partial charge in [0.2, 0.25) is 0 Å². The molecular formula is C21H18O. The van der Waals surface area contributed by atoms with Crippen molar-refractivity contribution in [2.24, 2.45) is 0 Å². The van der Waals surface area contributed by atoms with Crippen LogP contribution in [0.25, 0.3) is 11.1 Å². The van der Waals surface area contributed by atoms with Gasteiger partial charge < -0.3 is 0 Å². The van der Waals surface area contributed by atoms with Crippen molar-refractivity contribution in [1.82, 2.24) is 0 Å². The summed E-state index contributed by atoms with van der Waals surface area (Å²) in [6.45, 7) is 0. The van der Waals surface area contributed by atoms with Crippen molar-refractivity contribution in [3.63, 3.8) is 0 Å². The molecule has 0 atom stereocenters. The van der Waals surface area contributed by atoms with Gasteiger partial charge in [0.25, 0.3) is 0 Å². The first-order valence-electron chi connectivity index (χ1n) is 7.55. The lowest BCUT2D eigenvalue weighted by molar-refractivity contribution is 0.0983. The van der Waals surface area contributed by atoms with Crippen LogP contribution in [0.3, 0.4) is 0 Å². The van der Waals surface area contributed by atoms with E-state index in [0.717, 1.165) is 12.0 Å². The molecule has 1 heteroatoms. The minimum absolute atomic E-state index is 0.202. The highest BCUT2D eigenvalue weighted by Crippen LogP contribution is 2.20. The zero-order valence-electron chi connectivity index (χ0n) is 12.4. The van der Waals surface area contributed by atoms with E-state index in [9.17, 15) is 4.79 Å². The number of benzene rings is 3. The molecule has 3 aromatic carbocycles. The molecule has 3 aromatic rings.